The fourth-order valence-corrected chi connectivity index (χ4v) is 2.81. The van der Waals surface area contributed by atoms with Crippen molar-refractivity contribution in [2.24, 2.45) is 5.41 Å². The quantitative estimate of drug-likeness (QED) is 0.411. The largest absolute Gasteiger partial charge is 0.468 e. The highest BCUT2D eigenvalue weighted by Crippen LogP contribution is 2.41. The Morgan fingerprint density at radius 2 is 2.09 bits per heavy atom. The summed E-state index contributed by atoms with van der Waals surface area (Å²) in [5.41, 5.74) is 1.89. The lowest BCUT2D eigenvalue weighted by molar-refractivity contribution is -0.150. The van der Waals surface area contributed by atoms with E-state index in [9.17, 15) is 9.59 Å². The number of rotatable bonds is 6. The van der Waals surface area contributed by atoms with Gasteiger partial charge in [0.2, 0.25) is 0 Å². The minimum atomic E-state index is -0.729. The first-order valence-corrected chi connectivity index (χ1v) is 8.04. The van der Waals surface area contributed by atoms with Crippen LogP contribution in [0.15, 0.2) is 34.9 Å². The molecule has 0 saturated heterocycles. The molecule has 0 bridgehead atoms. The molecule has 0 amide bonds. The Kier molecular flexibility index (Phi) is 6.79. The molecule has 0 aliphatic heterocycles. The second kappa shape index (κ2) is 8.11. The van der Waals surface area contributed by atoms with E-state index in [0.29, 0.717) is 18.4 Å². The first-order valence-electron chi connectivity index (χ1n) is 8.04. The fourth-order valence-electron chi connectivity index (χ4n) is 2.81. The van der Waals surface area contributed by atoms with Crippen LogP contribution in [0.3, 0.4) is 0 Å². The molecule has 122 valence electrons. The van der Waals surface area contributed by atoms with Crippen molar-refractivity contribution in [2.75, 3.05) is 7.11 Å². The zero-order valence-corrected chi connectivity index (χ0v) is 14.5. The van der Waals surface area contributed by atoms with Gasteiger partial charge in [0.1, 0.15) is 0 Å². The minimum absolute atomic E-state index is 0.119. The number of carbonyl (C=O) groups excluding carboxylic acids is 2. The maximum absolute atomic E-state index is 12.2. The van der Waals surface area contributed by atoms with Crippen molar-refractivity contribution in [2.45, 2.75) is 59.8 Å². The van der Waals surface area contributed by atoms with E-state index in [1.807, 2.05) is 26.0 Å². The molecule has 0 spiro atoms. The molecule has 0 fully saturated rings. The van der Waals surface area contributed by atoms with E-state index in [2.05, 4.69) is 13.0 Å². The van der Waals surface area contributed by atoms with Gasteiger partial charge < -0.3 is 4.74 Å². The Hall–Kier alpha value is -1.64. The highest BCUT2D eigenvalue weighted by molar-refractivity contribution is 6.00. The zero-order valence-electron chi connectivity index (χ0n) is 14.5. The van der Waals surface area contributed by atoms with Crippen molar-refractivity contribution in [3.8, 4) is 0 Å². The Labute approximate surface area is 134 Å². The molecule has 0 unspecified atom stereocenters. The number of carbonyl (C=O) groups is 2. The summed E-state index contributed by atoms with van der Waals surface area (Å²) in [4.78, 5) is 24.2. The van der Waals surface area contributed by atoms with Gasteiger partial charge in [0, 0.05) is 6.42 Å². The topological polar surface area (TPSA) is 43.4 Å². The van der Waals surface area contributed by atoms with Gasteiger partial charge in [-0.15, -0.1) is 0 Å². The van der Waals surface area contributed by atoms with E-state index in [4.69, 9.17) is 4.74 Å². The Balaban J connectivity index is 3.09. The van der Waals surface area contributed by atoms with Gasteiger partial charge in [-0.1, -0.05) is 43.6 Å². The lowest BCUT2D eigenvalue weighted by atomic mass is 9.70. The molecule has 3 nitrogen and oxygen atoms in total. The van der Waals surface area contributed by atoms with Crippen LogP contribution in [0, 0.1) is 5.41 Å². The van der Waals surface area contributed by atoms with Gasteiger partial charge in [0.15, 0.2) is 5.78 Å². The van der Waals surface area contributed by atoms with Crippen LogP contribution in [0.25, 0.3) is 0 Å². The summed E-state index contributed by atoms with van der Waals surface area (Å²) >= 11 is 0. The summed E-state index contributed by atoms with van der Waals surface area (Å²) < 4.78 is 4.96. The molecule has 0 saturated carbocycles. The van der Waals surface area contributed by atoms with E-state index >= 15 is 0 Å². The summed E-state index contributed by atoms with van der Waals surface area (Å²) in [6, 6.07) is 0. The summed E-state index contributed by atoms with van der Waals surface area (Å²) in [6.45, 7) is 7.88. The monoisotopic (exact) mass is 304 g/mol. The second-order valence-corrected chi connectivity index (χ2v) is 6.21. The van der Waals surface area contributed by atoms with Crippen LogP contribution >= 0.6 is 0 Å². The third kappa shape index (κ3) is 4.19. The number of allylic oxidation sites excluding steroid dienone is 5. The van der Waals surface area contributed by atoms with E-state index in [-0.39, 0.29) is 11.8 Å². The Morgan fingerprint density at radius 3 is 2.68 bits per heavy atom. The highest BCUT2D eigenvalue weighted by atomic mass is 16.5. The van der Waals surface area contributed by atoms with Crippen molar-refractivity contribution < 1.29 is 14.3 Å². The normalized spacial score (nSPS) is 23.3. The second-order valence-electron chi connectivity index (χ2n) is 6.21. The van der Waals surface area contributed by atoms with Crippen molar-refractivity contribution in [3.05, 3.63) is 34.9 Å². The Bertz CT molecular complexity index is 523. The number of Topliss-reactive ketones (excluding diaryl/α,β-unsaturated/α-hetero) is 1. The smallest absolute Gasteiger partial charge is 0.316 e. The number of ketones is 1. The van der Waals surface area contributed by atoms with Crippen LogP contribution in [0.1, 0.15) is 59.8 Å². The van der Waals surface area contributed by atoms with Crippen LogP contribution in [0.2, 0.25) is 0 Å². The van der Waals surface area contributed by atoms with Crippen molar-refractivity contribution >= 4 is 11.8 Å². The Morgan fingerprint density at radius 1 is 1.41 bits per heavy atom. The standard InChI is InChI=1S/C19H28O3/c1-6-7-8-9-14(2)10-11-16-15(3)17(20)12-13-19(16,4)18(21)22-5/h9-11H,6-8,12-13H2,1-5H3/b11-10+,14-9+/t19-/m0/s1. The van der Waals surface area contributed by atoms with Gasteiger partial charge in [-0.2, -0.15) is 0 Å². The molecule has 1 rings (SSSR count). The van der Waals surface area contributed by atoms with Gasteiger partial charge >= 0.3 is 5.97 Å². The van der Waals surface area contributed by atoms with Gasteiger partial charge in [-0.3, -0.25) is 9.59 Å². The lowest BCUT2D eigenvalue weighted by Crippen LogP contribution is -2.35. The average molecular weight is 304 g/mol. The van der Waals surface area contributed by atoms with Crippen LogP contribution in [0.5, 0.6) is 0 Å². The first-order chi connectivity index (χ1) is 10.4. The first kappa shape index (κ1) is 18.4. The number of hydrogen-bond acceptors (Lipinski definition) is 3. The molecule has 1 aliphatic rings. The highest BCUT2D eigenvalue weighted by Gasteiger charge is 2.42. The van der Waals surface area contributed by atoms with Crippen molar-refractivity contribution in [3.63, 3.8) is 0 Å². The molecule has 3 heteroatoms. The molecule has 0 aromatic rings. The lowest BCUT2D eigenvalue weighted by Gasteiger charge is -2.33. The van der Waals surface area contributed by atoms with E-state index in [1.165, 1.54) is 20.0 Å². The molecule has 22 heavy (non-hydrogen) atoms. The van der Waals surface area contributed by atoms with Gasteiger partial charge in [-0.05, 0) is 44.8 Å². The third-order valence-electron chi connectivity index (χ3n) is 4.44. The molecule has 0 N–H and O–H groups in total. The van der Waals surface area contributed by atoms with Crippen molar-refractivity contribution in [1.29, 1.82) is 0 Å². The van der Waals surface area contributed by atoms with Gasteiger partial charge in [-0.25, -0.2) is 0 Å². The van der Waals surface area contributed by atoms with Crippen LogP contribution in [-0.4, -0.2) is 18.9 Å². The molecule has 0 aromatic carbocycles. The van der Waals surface area contributed by atoms with Gasteiger partial charge in [0.05, 0.1) is 12.5 Å². The number of hydrogen-bond donors (Lipinski definition) is 0. The maximum atomic E-state index is 12.2. The number of esters is 1. The molecule has 0 radical (unpaired) electrons. The molecule has 1 aliphatic carbocycles. The third-order valence-corrected chi connectivity index (χ3v) is 4.44. The summed E-state index contributed by atoms with van der Waals surface area (Å²) in [5, 5.41) is 0. The van der Waals surface area contributed by atoms with Gasteiger partial charge in [0.25, 0.3) is 0 Å². The average Bonchev–Trinajstić information content (AvgIpc) is 2.50. The summed E-state index contributed by atoms with van der Waals surface area (Å²) in [6.07, 6.45) is 10.4. The van der Waals surface area contributed by atoms with Crippen LogP contribution in [0.4, 0.5) is 0 Å². The number of methoxy groups -OCH3 is 1. The molecule has 1 atom stereocenters. The van der Waals surface area contributed by atoms with E-state index < -0.39 is 5.41 Å². The molecular weight excluding hydrogens is 276 g/mol. The van der Waals surface area contributed by atoms with Crippen LogP contribution < -0.4 is 0 Å². The SMILES string of the molecule is CCCC/C=C(C)/C=C/C1=C(C)C(=O)CC[C@]1(C)C(=O)OC. The molecule has 0 heterocycles. The zero-order chi connectivity index (χ0) is 16.8. The molecule has 0 aromatic heterocycles. The van der Waals surface area contributed by atoms with E-state index in [0.717, 1.165) is 17.6 Å². The predicted molar refractivity (Wildman–Crippen MR) is 89.5 cm³/mol. The summed E-state index contributed by atoms with van der Waals surface area (Å²) in [5.74, 6) is -0.153. The minimum Gasteiger partial charge on any atom is -0.468 e. The summed E-state index contributed by atoms with van der Waals surface area (Å²) in [7, 11) is 1.40. The molecular formula is C19H28O3. The van der Waals surface area contributed by atoms with E-state index in [1.54, 1.807) is 6.92 Å². The van der Waals surface area contributed by atoms with Crippen molar-refractivity contribution in [1.82, 2.24) is 0 Å². The maximum Gasteiger partial charge on any atom is 0.316 e. The number of ether oxygens (including phenoxy) is 1. The predicted octanol–water partition coefficient (Wildman–Crippen LogP) is 4.54. The number of unbranched alkanes of at least 4 members (excludes halogenated alkanes) is 2. The van der Waals surface area contributed by atoms with Crippen LogP contribution in [-0.2, 0) is 14.3 Å². The fraction of sp³-hybridized carbons (Fsp3) is 0.579.